The maximum absolute atomic E-state index is 12.9. The summed E-state index contributed by atoms with van der Waals surface area (Å²) < 4.78 is 38.5. The smallest absolute Gasteiger partial charge is 0.350 e. The van der Waals surface area contributed by atoms with Crippen LogP contribution in [0.3, 0.4) is 0 Å². The largest absolute Gasteiger partial charge is 0.393 e. The summed E-state index contributed by atoms with van der Waals surface area (Å²) in [7, 11) is 0. The fourth-order valence-electron chi connectivity index (χ4n) is 4.43. The van der Waals surface area contributed by atoms with Gasteiger partial charge >= 0.3 is 6.18 Å². The Kier molecular flexibility index (Phi) is 8.53. The zero-order valence-electron chi connectivity index (χ0n) is 19.0. The zero-order chi connectivity index (χ0) is 24.9. The number of amides is 3. The number of carbonyl (C=O) groups is 3. The van der Waals surface area contributed by atoms with Crippen LogP contribution in [0.1, 0.15) is 43.2 Å². The molecule has 8 nitrogen and oxygen atoms in total. The SMILES string of the molecule is NCc1ccc(CNC(=O)[C@@H]2CCCN2C(=O)[C@H](N)CCC(=O)N2CCC(C(F)(F)F)C2)cc1. The normalized spacial score (nSPS) is 21.6. The molecule has 2 fully saturated rings. The lowest BCUT2D eigenvalue weighted by Gasteiger charge is -2.27. The monoisotopic (exact) mass is 483 g/mol. The molecule has 3 rings (SSSR count). The van der Waals surface area contributed by atoms with Gasteiger partial charge in [-0.1, -0.05) is 24.3 Å². The van der Waals surface area contributed by atoms with Crippen LogP contribution in [0.2, 0.25) is 0 Å². The second kappa shape index (κ2) is 11.2. The van der Waals surface area contributed by atoms with Crippen molar-refractivity contribution < 1.29 is 27.6 Å². The Hall–Kier alpha value is -2.66. The van der Waals surface area contributed by atoms with Crippen LogP contribution in [0.4, 0.5) is 13.2 Å². The Morgan fingerprint density at radius 2 is 1.76 bits per heavy atom. The third-order valence-electron chi connectivity index (χ3n) is 6.55. The lowest BCUT2D eigenvalue weighted by molar-refractivity contribution is -0.171. The number of nitrogens with one attached hydrogen (secondary N) is 1. The second-order valence-corrected chi connectivity index (χ2v) is 8.94. The van der Waals surface area contributed by atoms with Crippen LogP contribution in [-0.4, -0.2) is 65.4 Å². The van der Waals surface area contributed by atoms with Gasteiger partial charge in [-0.05, 0) is 36.8 Å². The number of hydrogen-bond acceptors (Lipinski definition) is 5. The van der Waals surface area contributed by atoms with Gasteiger partial charge in [-0.25, -0.2) is 0 Å². The minimum atomic E-state index is -4.32. The molecule has 3 amide bonds. The molecule has 1 aromatic carbocycles. The number of rotatable bonds is 8. The molecule has 0 bridgehead atoms. The van der Waals surface area contributed by atoms with Gasteiger partial charge in [0.25, 0.3) is 0 Å². The molecular formula is C23H32F3N5O3. The number of likely N-dealkylation sites (tertiary alicyclic amines) is 2. The molecule has 0 spiro atoms. The third-order valence-corrected chi connectivity index (χ3v) is 6.55. The molecule has 0 aromatic heterocycles. The van der Waals surface area contributed by atoms with Gasteiger partial charge in [-0.2, -0.15) is 13.2 Å². The van der Waals surface area contributed by atoms with Crippen molar-refractivity contribution in [2.75, 3.05) is 19.6 Å². The van der Waals surface area contributed by atoms with E-state index in [0.717, 1.165) is 11.1 Å². The number of alkyl halides is 3. The number of halogens is 3. The summed E-state index contributed by atoms with van der Waals surface area (Å²) in [6.45, 7) is 0.842. The molecule has 0 radical (unpaired) electrons. The molecule has 34 heavy (non-hydrogen) atoms. The van der Waals surface area contributed by atoms with Crippen molar-refractivity contribution in [1.82, 2.24) is 15.1 Å². The standard InChI is InChI=1S/C23H32F3N5O3/c24-23(25,26)17-9-11-30(14-17)20(32)8-7-18(28)22(34)31-10-1-2-19(31)21(33)29-13-16-5-3-15(12-27)4-6-16/h3-6,17-19H,1-2,7-14,27-28H2,(H,29,33)/t17?,18-,19+/m1/s1. The van der Waals surface area contributed by atoms with Gasteiger partial charge in [0.15, 0.2) is 0 Å². The summed E-state index contributed by atoms with van der Waals surface area (Å²) in [6, 6.07) is 5.90. The van der Waals surface area contributed by atoms with Crippen LogP contribution < -0.4 is 16.8 Å². The molecule has 1 aromatic rings. The minimum Gasteiger partial charge on any atom is -0.350 e. The van der Waals surface area contributed by atoms with E-state index in [1.807, 2.05) is 24.3 Å². The van der Waals surface area contributed by atoms with E-state index < -0.39 is 36.0 Å². The van der Waals surface area contributed by atoms with Crippen molar-refractivity contribution in [2.45, 2.75) is 63.5 Å². The highest BCUT2D eigenvalue weighted by Crippen LogP contribution is 2.33. The molecule has 5 N–H and O–H groups in total. The molecule has 0 aliphatic carbocycles. The van der Waals surface area contributed by atoms with E-state index in [2.05, 4.69) is 5.32 Å². The molecular weight excluding hydrogens is 451 g/mol. The van der Waals surface area contributed by atoms with Crippen molar-refractivity contribution in [3.05, 3.63) is 35.4 Å². The van der Waals surface area contributed by atoms with E-state index in [4.69, 9.17) is 11.5 Å². The Bertz CT molecular complexity index is 878. The highest BCUT2D eigenvalue weighted by Gasteiger charge is 2.44. The number of nitrogens with zero attached hydrogens (tertiary/aromatic N) is 2. The van der Waals surface area contributed by atoms with E-state index >= 15 is 0 Å². The van der Waals surface area contributed by atoms with Crippen LogP contribution in [0.25, 0.3) is 0 Å². The summed E-state index contributed by atoms with van der Waals surface area (Å²) in [5, 5.41) is 2.85. The quantitative estimate of drug-likeness (QED) is 0.514. The highest BCUT2D eigenvalue weighted by atomic mass is 19.4. The Morgan fingerprint density at radius 3 is 2.38 bits per heavy atom. The number of carbonyl (C=O) groups excluding carboxylic acids is 3. The molecule has 1 unspecified atom stereocenters. The first-order valence-corrected chi connectivity index (χ1v) is 11.6. The van der Waals surface area contributed by atoms with Crippen LogP contribution in [0.15, 0.2) is 24.3 Å². The fourth-order valence-corrected chi connectivity index (χ4v) is 4.43. The Balaban J connectivity index is 1.46. The van der Waals surface area contributed by atoms with E-state index in [1.165, 1.54) is 9.80 Å². The van der Waals surface area contributed by atoms with Gasteiger partial charge < -0.3 is 26.6 Å². The van der Waals surface area contributed by atoms with Crippen molar-refractivity contribution in [3.8, 4) is 0 Å². The number of benzene rings is 1. The predicted molar refractivity (Wildman–Crippen MR) is 119 cm³/mol. The van der Waals surface area contributed by atoms with Crippen LogP contribution in [0, 0.1) is 5.92 Å². The van der Waals surface area contributed by atoms with Crippen molar-refractivity contribution >= 4 is 17.7 Å². The first-order valence-electron chi connectivity index (χ1n) is 11.6. The van der Waals surface area contributed by atoms with Gasteiger partial charge in [0.1, 0.15) is 6.04 Å². The Labute approximate surface area is 196 Å². The number of nitrogens with two attached hydrogens (primary N) is 2. The van der Waals surface area contributed by atoms with Gasteiger partial charge in [0, 0.05) is 39.1 Å². The van der Waals surface area contributed by atoms with Gasteiger partial charge in [0.2, 0.25) is 17.7 Å². The second-order valence-electron chi connectivity index (χ2n) is 8.94. The van der Waals surface area contributed by atoms with Gasteiger partial charge in [0.05, 0.1) is 12.0 Å². The topological polar surface area (TPSA) is 122 Å². The van der Waals surface area contributed by atoms with Crippen molar-refractivity contribution in [1.29, 1.82) is 0 Å². The summed E-state index contributed by atoms with van der Waals surface area (Å²) in [4.78, 5) is 40.5. The maximum Gasteiger partial charge on any atom is 0.393 e. The van der Waals surface area contributed by atoms with E-state index in [-0.39, 0.29) is 38.3 Å². The summed E-state index contributed by atoms with van der Waals surface area (Å²) >= 11 is 0. The minimum absolute atomic E-state index is 0.0170. The molecule has 188 valence electrons. The third kappa shape index (κ3) is 6.47. The van der Waals surface area contributed by atoms with Gasteiger partial charge in [-0.3, -0.25) is 14.4 Å². The molecule has 11 heteroatoms. The Morgan fingerprint density at radius 1 is 1.09 bits per heavy atom. The molecule has 3 atom stereocenters. The molecule has 2 saturated heterocycles. The first-order chi connectivity index (χ1) is 16.1. The molecule has 0 saturated carbocycles. The lowest BCUT2D eigenvalue weighted by Crippen LogP contribution is -2.51. The van der Waals surface area contributed by atoms with Crippen LogP contribution in [0.5, 0.6) is 0 Å². The molecule has 2 aliphatic heterocycles. The lowest BCUT2D eigenvalue weighted by atomic mass is 10.1. The van der Waals surface area contributed by atoms with Gasteiger partial charge in [-0.15, -0.1) is 0 Å². The maximum atomic E-state index is 12.9. The summed E-state index contributed by atoms with van der Waals surface area (Å²) in [6.07, 6.45) is -3.35. The average Bonchev–Trinajstić information content (AvgIpc) is 3.50. The van der Waals surface area contributed by atoms with E-state index in [1.54, 1.807) is 0 Å². The predicted octanol–water partition coefficient (Wildman–Crippen LogP) is 1.27. The molecule has 2 heterocycles. The summed E-state index contributed by atoms with van der Waals surface area (Å²) in [5.74, 6) is -2.64. The van der Waals surface area contributed by atoms with Crippen LogP contribution >= 0.6 is 0 Å². The van der Waals surface area contributed by atoms with E-state index in [9.17, 15) is 27.6 Å². The van der Waals surface area contributed by atoms with Crippen LogP contribution in [-0.2, 0) is 27.5 Å². The van der Waals surface area contributed by atoms with E-state index in [0.29, 0.717) is 32.5 Å². The first kappa shape index (κ1) is 26.0. The average molecular weight is 484 g/mol. The fraction of sp³-hybridized carbons (Fsp3) is 0.609. The highest BCUT2D eigenvalue weighted by molar-refractivity contribution is 5.90. The number of hydrogen-bond donors (Lipinski definition) is 3. The molecule has 2 aliphatic rings. The zero-order valence-corrected chi connectivity index (χ0v) is 19.0. The van der Waals surface area contributed by atoms with Crippen molar-refractivity contribution in [2.24, 2.45) is 17.4 Å². The summed E-state index contributed by atoms with van der Waals surface area (Å²) in [5.41, 5.74) is 13.5. The van der Waals surface area contributed by atoms with Crippen molar-refractivity contribution in [3.63, 3.8) is 0 Å².